The molecule has 1 N–H and O–H groups in total. The summed E-state index contributed by atoms with van der Waals surface area (Å²) < 4.78 is 0. The molecule has 0 amide bonds. The third-order valence-electron chi connectivity index (χ3n) is 3.87. The van der Waals surface area contributed by atoms with Crippen molar-refractivity contribution in [3.8, 4) is 0 Å². The van der Waals surface area contributed by atoms with Gasteiger partial charge in [0.05, 0.1) is 17.3 Å². The van der Waals surface area contributed by atoms with Crippen LogP contribution in [0.15, 0.2) is 10.9 Å². The van der Waals surface area contributed by atoms with Crippen molar-refractivity contribution in [3.05, 3.63) is 16.6 Å². The zero-order chi connectivity index (χ0) is 12.5. The Morgan fingerprint density at radius 3 is 2.88 bits per heavy atom. The lowest BCUT2D eigenvalue weighted by Gasteiger charge is -2.28. The summed E-state index contributed by atoms with van der Waals surface area (Å²) in [6, 6.07) is 0. The van der Waals surface area contributed by atoms with Crippen LogP contribution in [0.1, 0.15) is 32.4 Å². The van der Waals surface area contributed by atoms with Crippen LogP contribution < -0.4 is 0 Å². The van der Waals surface area contributed by atoms with E-state index < -0.39 is 0 Å². The van der Waals surface area contributed by atoms with Gasteiger partial charge in [-0.25, -0.2) is 4.98 Å². The fourth-order valence-electron chi connectivity index (χ4n) is 2.75. The van der Waals surface area contributed by atoms with Crippen LogP contribution in [0.3, 0.4) is 0 Å². The lowest BCUT2D eigenvalue weighted by atomic mass is 9.87. The first-order chi connectivity index (χ1) is 7.99. The normalized spacial score (nSPS) is 27.8. The third kappa shape index (κ3) is 3.06. The molecule has 1 saturated carbocycles. The Morgan fingerprint density at radius 2 is 2.35 bits per heavy atom. The van der Waals surface area contributed by atoms with E-state index in [2.05, 4.69) is 36.2 Å². The van der Waals surface area contributed by atoms with E-state index in [-0.39, 0.29) is 11.5 Å². The predicted octanol–water partition coefficient (Wildman–Crippen LogP) is 2.37. The van der Waals surface area contributed by atoms with Crippen molar-refractivity contribution >= 4 is 11.3 Å². The van der Waals surface area contributed by atoms with Gasteiger partial charge in [-0.15, -0.1) is 11.3 Å². The van der Waals surface area contributed by atoms with E-state index in [1.54, 1.807) is 11.3 Å². The SMILES string of the molecule is CN(Cc1cscn1)CC1CCC(C)(C)C1O. The summed E-state index contributed by atoms with van der Waals surface area (Å²) in [6.45, 7) is 6.17. The predicted molar refractivity (Wildman–Crippen MR) is 71.0 cm³/mol. The van der Waals surface area contributed by atoms with Crippen LogP contribution in [0.4, 0.5) is 0 Å². The number of nitrogens with zero attached hydrogens (tertiary/aromatic N) is 2. The standard InChI is InChI=1S/C13H22N2OS/c1-13(2)5-4-10(12(13)16)6-15(3)7-11-8-17-9-14-11/h8-10,12,16H,4-7H2,1-3H3. The molecule has 0 saturated heterocycles. The maximum absolute atomic E-state index is 10.3. The van der Waals surface area contributed by atoms with Crippen molar-refractivity contribution in [2.24, 2.45) is 11.3 Å². The summed E-state index contributed by atoms with van der Waals surface area (Å²) in [5, 5.41) is 12.3. The molecule has 2 atom stereocenters. The Kier molecular flexibility index (Phi) is 3.85. The van der Waals surface area contributed by atoms with Gasteiger partial charge >= 0.3 is 0 Å². The number of thiazole rings is 1. The van der Waals surface area contributed by atoms with Gasteiger partial charge in [-0.1, -0.05) is 13.8 Å². The Hall–Kier alpha value is -0.450. The van der Waals surface area contributed by atoms with E-state index >= 15 is 0 Å². The lowest BCUT2D eigenvalue weighted by molar-refractivity contribution is 0.0347. The minimum Gasteiger partial charge on any atom is -0.392 e. The van der Waals surface area contributed by atoms with Gasteiger partial charge in [0, 0.05) is 18.5 Å². The average Bonchev–Trinajstić information content (AvgIpc) is 2.82. The highest BCUT2D eigenvalue weighted by Crippen LogP contribution is 2.41. The number of hydrogen-bond donors (Lipinski definition) is 1. The first kappa shape index (κ1) is 13.0. The Labute approximate surface area is 107 Å². The smallest absolute Gasteiger partial charge is 0.0795 e. The highest BCUT2D eigenvalue weighted by molar-refractivity contribution is 7.07. The van der Waals surface area contributed by atoms with Gasteiger partial charge in [-0.2, -0.15) is 0 Å². The zero-order valence-corrected chi connectivity index (χ0v) is 11.7. The van der Waals surface area contributed by atoms with Crippen LogP contribution >= 0.6 is 11.3 Å². The summed E-state index contributed by atoms with van der Waals surface area (Å²) in [7, 11) is 2.11. The molecule has 0 radical (unpaired) electrons. The highest BCUT2D eigenvalue weighted by atomic mass is 32.1. The number of hydrogen-bond acceptors (Lipinski definition) is 4. The van der Waals surface area contributed by atoms with E-state index in [0.29, 0.717) is 5.92 Å². The second kappa shape index (κ2) is 5.04. The Morgan fingerprint density at radius 1 is 1.59 bits per heavy atom. The second-order valence-corrected chi connectivity index (χ2v) is 6.63. The van der Waals surface area contributed by atoms with Crippen molar-refractivity contribution in [1.29, 1.82) is 0 Å². The molecule has 1 aliphatic carbocycles. The molecule has 1 aliphatic rings. The van der Waals surface area contributed by atoms with E-state index in [0.717, 1.165) is 31.6 Å². The van der Waals surface area contributed by atoms with Gasteiger partial charge in [0.2, 0.25) is 0 Å². The van der Waals surface area contributed by atoms with Gasteiger partial charge in [0.25, 0.3) is 0 Å². The molecule has 0 aromatic carbocycles. The summed E-state index contributed by atoms with van der Waals surface area (Å²) >= 11 is 1.64. The van der Waals surface area contributed by atoms with E-state index in [1.165, 1.54) is 0 Å². The molecule has 1 aromatic heterocycles. The van der Waals surface area contributed by atoms with Crippen LogP contribution in [0.2, 0.25) is 0 Å². The molecule has 0 bridgehead atoms. The molecule has 1 heterocycles. The molecule has 3 nitrogen and oxygen atoms in total. The summed E-state index contributed by atoms with van der Waals surface area (Å²) in [6.07, 6.45) is 2.10. The van der Waals surface area contributed by atoms with E-state index in [4.69, 9.17) is 0 Å². The minimum absolute atomic E-state index is 0.0894. The van der Waals surface area contributed by atoms with E-state index in [9.17, 15) is 5.11 Å². The first-order valence-corrected chi connectivity index (χ1v) is 7.17. The average molecular weight is 254 g/mol. The van der Waals surface area contributed by atoms with Gasteiger partial charge < -0.3 is 10.0 Å². The molecule has 96 valence electrons. The maximum Gasteiger partial charge on any atom is 0.0795 e. The highest BCUT2D eigenvalue weighted by Gasteiger charge is 2.40. The third-order valence-corrected chi connectivity index (χ3v) is 4.50. The Bertz CT molecular complexity index is 350. The molecule has 0 spiro atoms. The van der Waals surface area contributed by atoms with Gasteiger partial charge in [0.1, 0.15) is 0 Å². The summed E-state index contributed by atoms with van der Waals surface area (Å²) in [5.41, 5.74) is 3.09. The molecule has 17 heavy (non-hydrogen) atoms. The number of aliphatic hydroxyl groups excluding tert-OH is 1. The van der Waals surface area contributed by atoms with Crippen LogP contribution in [-0.2, 0) is 6.54 Å². The summed E-state index contributed by atoms with van der Waals surface area (Å²) in [5.74, 6) is 0.411. The fraction of sp³-hybridized carbons (Fsp3) is 0.769. The molecule has 2 rings (SSSR count). The minimum atomic E-state index is -0.166. The number of aliphatic hydroxyl groups is 1. The van der Waals surface area contributed by atoms with Crippen LogP contribution in [0, 0.1) is 11.3 Å². The van der Waals surface area contributed by atoms with Crippen molar-refractivity contribution < 1.29 is 5.11 Å². The quantitative estimate of drug-likeness (QED) is 0.896. The maximum atomic E-state index is 10.3. The second-order valence-electron chi connectivity index (χ2n) is 5.91. The number of aromatic nitrogens is 1. The molecular formula is C13H22N2OS. The van der Waals surface area contributed by atoms with Gasteiger partial charge in [0.15, 0.2) is 0 Å². The molecule has 2 unspecified atom stereocenters. The number of rotatable bonds is 4. The molecule has 0 aliphatic heterocycles. The fourth-order valence-corrected chi connectivity index (χ4v) is 3.30. The topological polar surface area (TPSA) is 36.4 Å². The van der Waals surface area contributed by atoms with Crippen LogP contribution in [0.5, 0.6) is 0 Å². The Balaban J connectivity index is 1.85. The van der Waals surface area contributed by atoms with Crippen molar-refractivity contribution in [2.75, 3.05) is 13.6 Å². The van der Waals surface area contributed by atoms with Gasteiger partial charge in [-0.3, -0.25) is 0 Å². The summed E-state index contributed by atoms with van der Waals surface area (Å²) in [4.78, 5) is 6.56. The van der Waals surface area contributed by atoms with E-state index in [1.807, 2.05) is 5.51 Å². The molecule has 4 heteroatoms. The van der Waals surface area contributed by atoms with Crippen LogP contribution in [0.25, 0.3) is 0 Å². The molecular weight excluding hydrogens is 232 g/mol. The van der Waals surface area contributed by atoms with Crippen LogP contribution in [-0.4, -0.2) is 34.7 Å². The molecule has 1 fully saturated rings. The monoisotopic (exact) mass is 254 g/mol. The van der Waals surface area contributed by atoms with Crippen molar-refractivity contribution in [2.45, 2.75) is 39.3 Å². The van der Waals surface area contributed by atoms with Crippen molar-refractivity contribution in [1.82, 2.24) is 9.88 Å². The zero-order valence-electron chi connectivity index (χ0n) is 10.9. The molecule has 1 aromatic rings. The van der Waals surface area contributed by atoms with Crippen molar-refractivity contribution in [3.63, 3.8) is 0 Å². The first-order valence-electron chi connectivity index (χ1n) is 6.23. The largest absolute Gasteiger partial charge is 0.392 e. The van der Waals surface area contributed by atoms with Gasteiger partial charge in [-0.05, 0) is 31.2 Å². The lowest BCUT2D eigenvalue weighted by Crippen LogP contribution is -2.34.